The van der Waals surface area contributed by atoms with Gasteiger partial charge in [-0.1, -0.05) is 109 Å². The van der Waals surface area contributed by atoms with Crippen molar-refractivity contribution < 1.29 is 0 Å². The molecule has 13 aromatic rings. The van der Waals surface area contributed by atoms with Crippen LogP contribution >= 0.6 is 0 Å². The van der Waals surface area contributed by atoms with Crippen LogP contribution in [-0.4, -0.2) is 9.13 Å². The number of hydrogen-bond donors (Lipinski definition) is 0. The number of nitrogens with zero attached hydrogens (tertiary/aromatic N) is 6. The summed E-state index contributed by atoms with van der Waals surface area (Å²) in [4.78, 5) is 7.54. The molecule has 310 valence electrons. The third kappa shape index (κ3) is 5.60. The Morgan fingerprint density at radius 2 is 0.735 bits per heavy atom. The van der Waals surface area contributed by atoms with Gasteiger partial charge in [-0.25, -0.2) is 9.69 Å². The lowest BCUT2D eigenvalue weighted by Gasteiger charge is -2.22. The molecule has 6 nitrogen and oxygen atoms in total. The van der Waals surface area contributed by atoms with Crippen molar-refractivity contribution >= 4 is 98.1 Å². The summed E-state index contributed by atoms with van der Waals surface area (Å²) in [6, 6.07) is 71.7. The average molecular weight is 861 g/mol. The van der Waals surface area contributed by atoms with Crippen LogP contribution in [0.25, 0.3) is 130 Å². The molecule has 0 atom stereocenters. The molecule has 0 aliphatic rings. The molecule has 0 fully saturated rings. The van der Waals surface area contributed by atoms with Crippen molar-refractivity contribution in [2.45, 2.75) is 0 Å². The highest BCUT2D eigenvalue weighted by molar-refractivity contribution is 6.26. The second-order valence-corrected chi connectivity index (χ2v) is 17.2. The molecule has 2 heterocycles. The molecule has 0 bridgehead atoms. The Morgan fingerprint density at radius 3 is 1.16 bits per heavy atom. The molecule has 0 aliphatic heterocycles. The van der Waals surface area contributed by atoms with Crippen LogP contribution in [0.1, 0.15) is 11.1 Å². The van der Waals surface area contributed by atoms with Gasteiger partial charge < -0.3 is 9.13 Å². The van der Waals surface area contributed by atoms with Crippen molar-refractivity contribution in [3.05, 3.63) is 228 Å². The maximum Gasteiger partial charge on any atom is 0.188 e. The maximum atomic E-state index is 9.97. The molecule has 0 radical (unpaired) electrons. The van der Waals surface area contributed by atoms with E-state index in [0.29, 0.717) is 22.5 Å². The number of aromatic nitrogens is 2. The summed E-state index contributed by atoms with van der Waals surface area (Å²) in [5.41, 5.74) is 12.4. The lowest BCUT2D eigenvalue weighted by Crippen LogP contribution is -1.98. The van der Waals surface area contributed by atoms with E-state index in [2.05, 4.69) is 152 Å². The van der Waals surface area contributed by atoms with Crippen molar-refractivity contribution in [1.82, 2.24) is 9.13 Å². The highest BCUT2D eigenvalue weighted by Crippen LogP contribution is 2.49. The van der Waals surface area contributed by atoms with Gasteiger partial charge in [-0.3, -0.25) is 0 Å². The number of hydrogen-bond acceptors (Lipinski definition) is 2. The van der Waals surface area contributed by atoms with Gasteiger partial charge in [-0.2, -0.15) is 10.5 Å². The average Bonchev–Trinajstić information content (AvgIpc) is 3.90. The summed E-state index contributed by atoms with van der Waals surface area (Å²) >= 11 is 0. The van der Waals surface area contributed by atoms with E-state index in [-0.39, 0.29) is 0 Å². The van der Waals surface area contributed by atoms with E-state index in [0.717, 1.165) is 120 Å². The van der Waals surface area contributed by atoms with E-state index in [9.17, 15) is 10.5 Å². The van der Waals surface area contributed by atoms with E-state index in [1.807, 2.05) is 72.8 Å². The lowest BCUT2D eigenvalue weighted by atomic mass is 9.83. The predicted molar refractivity (Wildman–Crippen MR) is 278 cm³/mol. The summed E-state index contributed by atoms with van der Waals surface area (Å²) < 4.78 is 4.52. The van der Waals surface area contributed by atoms with Gasteiger partial charge in [0.25, 0.3) is 0 Å². The molecule has 0 N–H and O–H groups in total. The summed E-state index contributed by atoms with van der Waals surface area (Å²) in [5, 5.41) is 32.5. The van der Waals surface area contributed by atoms with Gasteiger partial charge in [0.1, 0.15) is 0 Å². The largest absolute Gasteiger partial charge is 0.309 e. The molecular weight excluding hydrogens is 829 g/mol. The van der Waals surface area contributed by atoms with Crippen molar-refractivity contribution in [1.29, 1.82) is 10.5 Å². The molecule has 0 aliphatic carbocycles. The molecule has 11 aromatic carbocycles. The van der Waals surface area contributed by atoms with Crippen molar-refractivity contribution in [3.63, 3.8) is 0 Å². The summed E-state index contributed by atoms with van der Waals surface area (Å²) in [7, 11) is 0. The topological polar surface area (TPSA) is 66.2 Å². The fourth-order valence-corrected chi connectivity index (χ4v) is 10.8. The monoisotopic (exact) mass is 860 g/mol. The number of rotatable bonds is 4. The normalized spacial score (nSPS) is 11.5. The van der Waals surface area contributed by atoms with Crippen LogP contribution in [0.3, 0.4) is 0 Å². The molecule has 13 rings (SSSR count). The fourth-order valence-electron chi connectivity index (χ4n) is 10.8. The first kappa shape index (κ1) is 38.5. The minimum atomic E-state index is 0.544. The molecule has 68 heavy (non-hydrogen) atoms. The van der Waals surface area contributed by atoms with Crippen molar-refractivity contribution in [2.75, 3.05) is 0 Å². The third-order valence-electron chi connectivity index (χ3n) is 13.7. The maximum absolute atomic E-state index is 9.97. The van der Waals surface area contributed by atoms with E-state index in [1.54, 1.807) is 0 Å². The SMILES string of the molecule is [C-]#[N+]c1ccc2c(c1)c1cc(C#N)ccc1n2-c1ccc2c(-c3cccc4ccccc34)c3cc(-n4c5ccc(C#N)cc5c5cc([N+]#[C-])ccc54)ccc3c(-c3cccc4ccccc34)c2c1. The van der Waals surface area contributed by atoms with Gasteiger partial charge in [0, 0.05) is 22.1 Å². The second-order valence-electron chi connectivity index (χ2n) is 17.2. The molecule has 0 spiro atoms. The van der Waals surface area contributed by atoms with Gasteiger partial charge in [0.15, 0.2) is 11.4 Å². The van der Waals surface area contributed by atoms with Crippen LogP contribution in [-0.2, 0) is 0 Å². The van der Waals surface area contributed by atoms with Gasteiger partial charge in [-0.05, 0) is 161 Å². The number of nitriles is 2. The zero-order valence-corrected chi connectivity index (χ0v) is 36.2. The first-order chi connectivity index (χ1) is 33.5. The molecule has 0 unspecified atom stereocenters. The summed E-state index contributed by atoms with van der Waals surface area (Å²) in [6.07, 6.45) is 0. The molecule has 2 aromatic heterocycles. The smallest absolute Gasteiger partial charge is 0.188 e. The standard InChI is InChI=1S/C62H32N6/c1-65-41-19-27-59-53(31-41)51-29-37(35-63)17-25-57(51)67(59)43-21-23-49-55(33-43)61(47-15-7-11-39-9-3-5-13-45(39)47)50-24-22-44(34-56(50)62(49)48-16-8-12-40-10-4-6-14-46(40)48)68-58-26-18-38(36-64)30-52(58)54-32-42(66-2)20-28-60(54)68/h3-34H. The van der Waals surface area contributed by atoms with Crippen LogP contribution in [0.2, 0.25) is 0 Å². The summed E-state index contributed by atoms with van der Waals surface area (Å²) in [5.74, 6) is 0. The van der Waals surface area contributed by atoms with Gasteiger partial charge in [0.2, 0.25) is 0 Å². The van der Waals surface area contributed by atoms with Crippen LogP contribution in [0.15, 0.2) is 194 Å². The van der Waals surface area contributed by atoms with Crippen LogP contribution < -0.4 is 0 Å². The Balaban J connectivity index is 1.21. The van der Waals surface area contributed by atoms with Crippen molar-refractivity contribution in [2.24, 2.45) is 0 Å². The highest BCUT2D eigenvalue weighted by atomic mass is 15.0. The van der Waals surface area contributed by atoms with Crippen molar-refractivity contribution in [3.8, 4) is 45.8 Å². The predicted octanol–water partition coefficient (Wildman–Crippen LogP) is 16.7. The number of fused-ring (bicyclic) bond motifs is 10. The first-order valence-corrected chi connectivity index (χ1v) is 22.3. The second kappa shape index (κ2) is 14.8. The Bertz CT molecular complexity index is 4110. The Kier molecular flexibility index (Phi) is 8.36. The van der Waals surface area contributed by atoms with E-state index in [1.165, 1.54) is 0 Å². The summed E-state index contributed by atoms with van der Waals surface area (Å²) in [6.45, 7) is 15.7. The van der Waals surface area contributed by atoms with Gasteiger partial charge >= 0.3 is 0 Å². The Hall–Kier alpha value is -9.98. The first-order valence-electron chi connectivity index (χ1n) is 22.3. The molecule has 0 saturated heterocycles. The van der Waals surface area contributed by atoms with Gasteiger partial charge in [0.05, 0.1) is 58.5 Å². The Labute approximate surface area is 389 Å². The molecule has 0 saturated carbocycles. The zero-order valence-electron chi connectivity index (χ0n) is 36.2. The molecule has 6 heteroatoms. The minimum Gasteiger partial charge on any atom is -0.309 e. The Morgan fingerprint density at radius 1 is 0.338 bits per heavy atom. The van der Waals surface area contributed by atoms with Crippen LogP contribution in [0.4, 0.5) is 11.4 Å². The zero-order chi connectivity index (χ0) is 45.6. The minimum absolute atomic E-state index is 0.544. The van der Waals surface area contributed by atoms with E-state index < -0.39 is 0 Å². The van der Waals surface area contributed by atoms with E-state index in [4.69, 9.17) is 13.1 Å². The quantitative estimate of drug-likeness (QED) is 0.131. The lowest BCUT2D eigenvalue weighted by molar-refractivity contribution is 1.18. The third-order valence-corrected chi connectivity index (χ3v) is 13.7. The fraction of sp³-hybridized carbons (Fsp3) is 0. The number of benzene rings is 11. The molecule has 0 amide bonds. The molecular formula is C62H32N6. The van der Waals surface area contributed by atoms with Gasteiger partial charge in [-0.15, -0.1) is 0 Å². The van der Waals surface area contributed by atoms with E-state index >= 15 is 0 Å². The highest BCUT2D eigenvalue weighted by Gasteiger charge is 2.23. The van der Waals surface area contributed by atoms with Crippen LogP contribution in [0.5, 0.6) is 0 Å². The van der Waals surface area contributed by atoms with Crippen LogP contribution in [0, 0.1) is 35.8 Å².